The predicted octanol–water partition coefficient (Wildman–Crippen LogP) is 3.99. The summed E-state index contributed by atoms with van der Waals surface area (Å²) < 4.78 is 32.6. The van der Waals surface area contributed by atoms with Crippen molar-refractivity contribution in [1.29, 1.82) is 0 Å². The Morgan fingerprint density at radius 3 is 2.72 bits per heavy atom. The normalized spacial score (nSPS) is 15.1. The SMILES string of the molecule is CCNC(=NCc1cc(F)ccc1F)NCCCOC1CCCC1.I. The Bertz CT molecular complexity index is 537. The van der Waals surface area contributed by atoms with Crippen LogP contribution in [0.15, 0.2) is 23.2 Å². The molecule has 0 amide bonds. The van der Waals surface area contributed by atoms with E-state index in [1.165, 1.54) is 31.7 Å². The smallest absolute Gasteiger partial charge is 0.191 e. The molecule has 1 aromatic rings. The summed E-state index contributed by atoms with van der Waals surface area (Å²) in [6.45, 7) is 4.22. The zero-order chi connectivity index (χ0) is 17.2. The Morgan fingerprint density at radius 2 is 2.00 bits per heavy atom. The molecule has 0 unspecified atom stereocenters. The number of rotatable bonds is 8. The Balaban J connectivity index is 0.00000312. The fourth-order valence-corrected chi connectivity index (χ4v) is 2.75. The highest BCUT2D eigenvalue weighted by Gasteiger charge is 2.14. The maximum absolute atomic E-state index is 13.6. The first kappa shape index (κ1) is 22.1. The standard InChI is InChI=1S/C18H27F2N3O.HI/c1-2-21-18(22-10-5-11-24-16-6-3-4-7-16)23-13-14-12-15(19)8-9-17(14)20;/h8-9,12,16H,2-7,10-11,13H2,1H3,(H2,21,22,23);1H. The predicted molar refractivity (Wildman–Crippen MR) is 107 cm³/mol. The summed E-state index contributed by atoms with van der Waals surface area (Å²) in [7, 11) is 0. The molecule has 0 aromatic heterocycles. The molecule has 0 aliphatic heterocycles. The lowest BCUT2D eigenvalue weighted by Gasteiger charge is -2.13. The molecular formula is C18H28F2IN3O. The maximum Gasteiger partial charge on any atom is 0.191 e. The minimum atomic E-state index is -0.455. The second-order valence-corrected chi connectivity index (χ2v) is 5.99. The third-order valence-corrected chi connectivity index (χ3v) is 4.03. The average molecular weight is 467 g/mol. The highest BCUT2D eigenvalue weighted by molar-refractivity contribution is 14.0. The van der Waals surface area contributed by atoms with Gasteiger partial charge in [0, 0.05) is 25.3 Å². The van der Waals surface area contributed by atoms with E-state index < -0.39 is 11.6 Å². The van der Waals surface area contributed by atoms with Crippen LogP contribution in [-0.4, -0.2) is 31.8 Å². The van der Waals surface area contributed by atoms with Crippen molar-refractivity contribution in [2.45, 2.75) is 51.7 Å². The van der Waals surface area contributed by atoms with Crippen molar-refractivity contribution >= 4 is 29.9 Å². The summed E-state index contributed by atoms with van der Waals surface area (Å²) in [4.78, 5) is 4.31. The van der Waals surface area contributed by atoms with E-state index in [0.29, 0.717) is 18.6 Å². The number of guanidine groups is 1. The van der Waals surface area contributed by atoms with Gasteiger partial charge in [0.2, 0.25) is 0 Å². The fraction of sp³-hybridized carbons (Fsp3) is 0.611. The van der Waals surface area contributed by atoms with Gasteiger partial charge in [0.15, 0.2) is 5.96 Å². The zero-order valence-electron chi connectivity index (χ0n) is 14.7. The topological polar surface area (TPSA) is 45.7 Å². The van der Waals surface area contributed by atoms with Crippen molar-refractivity contribution in [3.63, 3.8) is 0 Å². The number of aliphatic imine (C=N–C) groups is 1. The molecule has 1 aromatic carbocycles. The Hall–Kier alpha value is -0.960. The number of benzene rings is 1. The molecule has 1 aliphatic carbocycles. The van der Waals surface area contributed by atoms with Gasteiger partial charge in [-0.1, -0.05) is 12.8 Å². The van der Waals surface area contributed by atoms with Crippen molar-refractivity contribution in [2.24, 2.45) is 4.99 Å². The summed E-state index contributed by atoms with van der Waals surface area (Å²) in [6.07, 6.45) is 6.22. The largest absolute Gasteiger partial charge is 0.378 e. The van der Waals surface area contributed by atoms with Crippen molar-refractivity contribution in [1.82, 2.24) is 10.6 Å². The Morgan fingerprint density at radius 1 is 1.24 bits per heavy atom. The van der Waals surface area contributed by atoms with Gasteiger partial charge in [0.1, 0.15) is 11.6 Å². The summed E-state index contributed by atoms with van der Waals surface area (Å²) in [5, 5.41) is 6.29. The van der Waals surface area contributed by atoms with E-state index in [4.69, 9.17) is 4.74 Å². The number of hydrogen-bond donors (Lipinski definition) is 2. The van der Waals surface area contributed by atoms with E-state index in [0.717, 1.165) is 31.7 Å². The Kier molecular flexibility index (Phi) is 11.0. The van der Waals surface area contributed by atoms with Crippen LogP contribution in [0.2, 0.25) is 0 Å². The molecule has 25 heavy (non-hydrogen) atoms. The summed E-state index contributed by atoms with van der Waals surface area (Å²) in [6, 6.07) is 3.41. The molecule has 2 rings (SSSR count). The van der Waals surface area contributed by atoms with Crippen molar-refractivity contribution in [3.8, 4) is 0 Å². The summed E-state index contributed by atoms with van der Waals surface area (Å²) in [5.41, 5.74) is 0.247. The molecule has 2 N–H and O–H groups in total. The first-order valence-electron chi connectivity index (χ1n) is 8.76. The second-order valence-electron chi connectivity index (χ2n) is 5.99. The van der Waals surface area contributed by atoms with Crippen molar-refractivity contribution in [2.75, 3.05) is 19.7 Å². The summed E-state index contributed by atoms with van der Waals surface area (Å²) in [5.74, 6) is -0.299. The first-order valence-corrected chi connectivity index (χ1v) is 8.76. The number of nitrogens with zero attached hydrogens (tertiary/aromatic N) is 1. The van der Waals surface area contributed by atoms with E-state index >= 15 is 0 Å². The van der Waals surface area contributed by atoms with E-state index in [1.54, 1.807) is 0 Å². The zero-order valence-corrected chi connectivity index (χ0v) is 17.0. The lowest BCUT2D eigenvalue weighted by Crippen LogP contribution is -2.38. The molecule has 0 saturated heterocycles. The quantitative estimate of drug-likeness (QED) is 0.263. The van der Waals surface area contributed by atoms with Crippen LogP contribution < -0.4 is 10.6 Å². The molecule has 1 saturated carbocycles. The van der Waals surface area contributed by atoms with Gasteiger partial charge in [-0.05, 0) is 44.4 Å². The minimum absolute atomic E-state index is 0. The van der Waals surface area contributed by atoms with Crippen LogP contribution in [-0.2, 0) is 11.3 Å². The van der Waals surface area contributed by atoms with E-state index in [2.05, 4.69) is 15.6 Å². The van der Waals surface area contributed by atoms with Gasteiger partial charge in [-0.3, -0.25) is 0 Å². The van der Waals surface area contributed by atoms with E-state index in [-0.39, 0.29) is 36.1 Å². The highest BCUT2D eigenvalue weighted by atomic mass is 127. The maximum atomic E-state index is 13.6. The molecule has 4 nitrogen and oxygen atoms in total. The molecule has 0 atom stereocenters. The number of halogens is 3. The average Bonchev–Trinajstić information content (AvgIpc) is 3.08. The van der Waals surface area contributed by atoms with Gasteiger partial charge in [-0.2, -0.15) is 0 Å². The molecule has 0 heterocycles. The van der Waals surface area contributed by atoms with Crippen LogP contribution >= 0.6 is 24.0 Å². The van der Waals surface area contributed by atoms with Gasteiger partial charge < -0.3 is 15.4 Å². The van der Waals surface area contributed by atoms with Crippen LogP contribution in [0.5, 0.6) is 0 Å². The van der Waals surface area contributed by atoms with Crippen LogP contribution in [0.3, 0.4) is 0 Å². The van der Waals surface area contributed by atoms with E-state index in [1.807, 2.05) is 6.92 Å². The summed E-state index contributed by atoms with van der Waals surface area (Å²) >= 11 is 0. The molecule has 0 radical (unpaired) electrons. The van der Waals surface area contributed by atoms with Crippen LogP contribution in [0.4, 0.5) is 8.78 Å². The van der Waals surface area contributed by atoms with Gasteiger partial charge in [0.05, 0.1) is 12.6 Å². The number of ether oxygens (including phenoxy) is 1. The molecule has 142 valence electrons. The Labute approximate surface area is 165 Å². The third-order valence-electron chi connectivity index (χ3n) is 4.03. The lowest BCUT2D eigenvalue weighted by atomic mass is 10.2. The molecule has 1 fully saturated rings. The monoisotopic (exact) mass is 467 g/mol. The van der Waals surface area contributed by atoms with Crippen molar-refractivity contribution in [3.05, 3.63) is 35.4 Å². The molecule has 7 heteroatoms. The number of hydrogen-bond acceptors (Lipinski definition) is 2. The molecular weight excluding hydrogens is 439 g/mol. The second kappa shape index (κ2) is 12.4. The van der Waals surface area contributed by atoms with Crippen LogP contribution in [0, 0.1) is 11.6 Å². The van der Waals surface area contributed by atoms with Gasteiger partial charge in [-0.15, -0.1) is 24.0 Å². The minimum Gasteiger partial charge on any atom is -0.378 e. The van der Waals surface area contributed by atoms with Crippen molar-refractivity contribution < 1.29 is 13.5 Å². The third kappa shape index (κ3) is 8.31. The molecule has 0 spiro atoms. The van der Waals surface area contributed by atoms with Crippen LogP contribution in [0.25, 0.3) is 0 Å². The molecule has 0 bridgehead atoms. The lowest BCUT2D eigenvalue weighted by molar-refractivity contribution is 0.0574. The number of nitrogens with one attached hydrogen (secondary N) is 2. The van der Waals surface area contributed by atoms with Crippen LogP contribution in [0.1, 0.15) is 44.6 Å². The first-order chi connectivity index (χ1) is 11.7. The molecule has 1 aliphatic rings. The fourth-order valence-electron chi connectivity index (χ4n) is 2.75. The highest BCUT2D eigenvalue weighted by Crippen LogP contribution is 2.20. The van der Waals surface area contributed by atoms with Gasteiger partial charge in [0.25, 0.3) is 0 Å². The van der Waals surface area contributed by atoms with E-state index in [9.17, 15) is 8.78 Å². The van der Waals surface area contributed by atoms with Gasteiger partial charge >= 0.3 is 0 Å². The van der Waals surface area contributed by atoms with Gasteiger partial charge in [-0.25, -0.2) is 13.8 Å².